The van der Waals surface area contributed by atoms with Gasteiger partial charge in [-0.05, 0) is 25.0 Å². The van der Waals surface area contributed by atoms with E-state index in [4.69, 9.17) is 0 Å². The molecule has 1 aromatic rings. The summed E-state index contributed by atoms with van der Waals surface area (Å²) in [7, 11) is 0. The van der Waals surface area contributed by atoms with Crippen LogP contribution in [-0.4, -0.2) is 43.2 Å². The molecule has 116 valence electrons. The molecule has 0 bridgehead atoms. The second kappa shape index (κ2) is 6.75. The Morgan fingerprint density at radius 2 is 2.05 bits per heavy atom. The summed E-state index contributed by atoms with van der Waals surface area (Å²) in [5.41, 5.74) is 0.526. The number of aromatic nitrogens is 1. The molecule has 2 rings (SSSR count). The molecule has 1 saturated heterocycles. The number of rotatable bonds is 5. The summed E-state index contributed by atoms with van der Waals surface area (Å²) in [4.78, 5) is 18.0. The third-order valence-corrected chi connectivity index (χ3v) is 3.08. The Morgan fingerprint density at radius 3 is 2.71 bits per heavy atom. The van der Waals surface area contributed by atoms with E-state index < -0.39 is 25.2 Å². The van der Waals surface area contributed by atoms with E-state index in [0.29, 0.717) is 11.5 Å². The Labute approximate surface area is 120 Å². The molecule has 0 radical (unpaired) electrons. The van der Waals surface area contributed by atoms with Gasteiger partial charge in [-0.3, -0.25) is 4.79 Å². The second-order valence-corrected chi connectivity index (χ2v) is 4.84. The summed E-state index contributed by atoms with van der Waals surface area (Å²) < 4.78 is 36.0. The molecule has 0 saturated carbocycles. The molecule has 8 heteroatoms. The molecule has 0 aromatic carbocycles. The lowest BCUT2D eigenvalue weighted by Gasteiger charge is -2.20. The summed E-state index contributed by atoms with van der Waals surface area (Å²) in [5.74, 6) is 0.145. The van der Waals surface area contributed by atoms with E-state index in [0.717, 1.165) is 25.9 Å². The summed E-state index contributed by atoms with van der Waals surface area (Å²) in [6, 6.07) is 3.38. The maximum Gasteiger partial charge on any atom is 0.401 e. The number of halogens is 3. The number of nitrogens with zero attached hydrogens (tertiary/aromatic N) is 2. The van der Waals surface area contributed by atoms with Crippen molar-refractivity contribution in [2.24, 2.45) is 0 Å². The first kappa shape index (κ1) is 15.6. The maximum atomic E-state index is 12.0. The summed E-state index contributed by atoms with van der Waals surface area (Å²) in [6.07, 6.45) is -0.561. The third-order valence-electron chi connectivity index (χ3n) is 3.08. The number of hydrogen-bond donors (Lipinski definition) is 2. The van der Waals surface area contributed by atoms with Crippen molar-refractivity contribution in [3.05, 3.63) is 18.3 Å². The predicted octanol–water partition coefficient (Wildman–Crippen LogP) is 1.77. The van der Waals surface area contributed by atoms with Crippen molar-refractivity contribution < 1.29 is 18.0 Å². The summed E-state index contributed by atoms with van der Waals surface area (Å²) in [6.45, 7) is 0.151. The van der Waals surface area contributed by atoms with Crippen LogP contribution in [0.5, 0.6) is 0 Å². The number of nitrogens with one attached hydrogen (secondary N) is 2. The van der Waals surface area contributed by atoms with Gasteiger partial charge in [0.1, 0.15) is 0 Å². The average molecular weight is 302 g/mol. The standard InChI is InChI=1S/C13H17F3N4O/c14-13(15,16)9-17-8-11(21)19-10-4-3-5-18-12(10)20-6-1-2-7-20/h3-5,17H,1-2,6-9H2,(H,19,21). The molecule has 1 fully saturated rings. The minimum atomic E-state index is -4.32. The van der Waals surface area contributed by atoms with Gasteiger partial charge in [0.05, 0.1) is 18.8 Å². The van der Waals surface area contributed by atoms with E-state index in [1.165, 1.54) is 0 Å². The number of alkyl halides is 3. The van der Waals surface area contributed by atoms with Crippen LogP contribution in [0.3, 0.4) is 0 Å². The quantitative estimate of drug-likeness (QED) is 0.870. The van der Waals surface area contributed by atoms with Gasteiger partial charge in [-0.15, -0.1) is 0 Å². The topological polar surface area (TPSA) is 57.3 Å². The Morgan fingerprint density at radius 1 is 1.33 bits per heavy atom. The minimum absolute atomic E-state index is 0.395. The van der Waals surface area contributed by atoms with Gasteiger partial charge < -0.3 is 15.5 Å². The Balaban J connectivity index is 1.91. The smallest absolute Gasteiger partial charge is 0.355 e. The van der Waals surface area contributed by atoms with Crippen LogP contribution >= 0.6 is 0 Å². The highest BCUT2D eigenvalue weighted by molar-refractivity contribution is 5.94. The predicted molar refractivity (Wildman–Crippen MR) is 73.2 cm³/mol. The molecule has 2 N–H and O–H groups in total. The van der Waals surface area contributed by atoms with Gasteiger partial charge in [-0.2, -0.15) is 13.2 Å². The van der Waals surface area contributed by atoms with Gasteiger partial charge in [0.2, 0.25) is 5.91 Å². The van der Waals surface area contributed by atoms with Crippen LogP contribution in [0, 0.1) is 0 Å². The number of hydrogen-bond acceptors (Lipinski definition) is 4. The minimum Gasteiger partial charge on any atom is -0.355 e. The maximum absolute atomic E-state index is 12.0. The van der Waals surface area contributed by atoms with Gasteiger partial charge >= 0.3 is 6.18 Å². The molecule has 1 aromatic heterocycles. The number of amides is 1. The van der Waals surface area contributed by atoms with Crippen LogP contribution in [0.4, 0.5) is 24.7 Å². The van der Waals surface area contributed by atoms with Crippen LogP contribution in [0.15, 0.2) is 18.3 Å². The third kappa shape index (κ3) is 4.89. The highest BCUT2D eigenvalue weighted by Gasteiger charge is 2.26. The van der Waals surface area contributed by atoms with Crippen molar-refractivity contribution in [3.8, 4) is 0 Å². The largest absolute Gasteiger partial charge is 0.401 e. The fraction of sp³-hybridized carbons (Fsp3) is 0.538. The highest BCUT2D eigenvalue weighted by Crippen LogP contribution is 2.25. The van der Waals surface area contributed by atoms with E-state index in [1.807, 2.05) is 0 Å². The highest BCUT2D eigenvalue weighted by atomic mass is 19.4. The lowest BCUT2D eigenvalue weighted by Crippen LogP contribution is -2.35. The van der Waals surface area contributed by atoms with E-state index >= 15 is 0 Å². The zero-order chi connectivity index (χ0) is 15.3. The van der Waals surface area contributed by atoms with Gasteiger partial charge in [-0.1, -0.05) is 0 Å². The van der Waals surface area contributed by atoms with Crippen LogP contribution in [0.1, 0.15) is 12.8 Å². The zero-order valence-electron chi connectivity index (χ0n) is 11.4. The molecular formula is C13H17F3N4O. The Hall–Kier alpha value is -1.83. The van der Waals surface area contributed by atoms with E-state index in [1.54, 1.807) is 18.3 Å². The van der Waals surface area contributed by atoms with Crippen molar-refractivity contribution in [1.29, 1.82) is 0 Å². The number of pyridine rings is 1. The monoisotopic (exact) mass is 302 g/mol. The van der Waals surface area contributed by atoms with E-state index in [2.05, 4.69) is 20.5 Å². The average Bonchev–Trinajstić information content (AvgIpc) is 2.91. The van der Waals surface area contributed by atoms with Gasteiger partial charge in [0, 0.05) is 19.3 Å². The van der Waals surface area contributed by atoms with Crippen molar-refractivity contribution in [3.63, 3.8) is 0 Å². The van der Waals surface area contributed by atoms with Gasteiger partial charge in [0.25, 0.3) is 0 Å². The number of anilines is 2. The summed E-state index contributed by atoms with van der Waals surface area (Å²) >= 11 is 0. The van der Waals surface area contributed by atoms with E-state index in [-0.39, 0.29) is 0 Å². The van der Waals surface area contributed by atoms with Crippen LogP contribution in [0.25, 0.3) is 0 Å². The van der Waals surface area contributed by atoms with Crippen LogP contribution in [-0.2, 0) is 4.79 Å². The second-order valence-electron chi connectivity index (χ2n) is 4.84. The Bertz CT molecular complexity index is 487. The van der Waals surface area contributed by atoms with Crippen molar-refractivity contribution in [1.82, 2.24) is 10.3 Å². The first-order valence-electron chi connectivity index (χ1n) is 6.73. The van der Waals surface area contributed by atoms with Crippen molar-refractivity contribution in [2.75, 3.05) is 36.4 Å². The van der Waals surface area contributed by atoms with E-state index in [9.17, 15) is 18.0 Å². The SMILES string of the molecule is O=C(CNCC(F)(F)F)Nc1cccnc1N1CCCC1. The molecule has 1 aliphatic rings. The fourth-order valence-corrected chi connectivity index (χ4v) is 2.19. The normalized spacial score (nSPS) is 15.3. The molecule has 0 aliphatic carbocycles. The lowest BCUT2D eigenvalue weighted by atomic mass is 10.3. The molecule has 5 nitrogen and oxygen atoms in total. The molecule has 0 spiro atoms. The first-order chi connectivity index (χ1) is 9.96. The van der Waals surface area contributed by atoms with Crippen molar-refractivity contribution >= 4 is 17.4 Å². The lowest BCUT2D eigenvalue weighted by molar-refractivity contribution is -0.126. The van der Waals surface area contributed by atoms with Crippen LogP contribution in [0.2, 0.25) is 0 Å². The zero-order valence-corrected chi connectivity index (χ0v) is 11.4. The molecule has 0 unspecified atom stereocenters. The fourth-order valence-electron chi connectivity index (χ4n) is 2.19. The summed E-state index contributed by atoms with van der Waals surface area (Å²) in [5, 5.41) is 4.66. The molecule has 1 aliphatic heterocycles. The van der Waals surface area contributed by atoms with Crippen LogP contribution < -0.4 is 15.5 Å². The Kier molecular flexibility index (Phi) is 5.00. The first-order valence-corrected chi connectivity index (χ1v) is 6.73. The molecule has 1 amide bonds. The molecule has 21 heavy (non-hydrogen) atoms. The number of carbonyl (C=O) groups is 1. The number of carbonyl (C=O) groups excluding carboxylic acids is 1. The molecule has 2 heterocycles. The van der Waals surface area contributed by atoms with Crippen molar-refractivity contribution in [2.45, 2.75) is 19.0 Å². The van der Waals surface area contributed by atoms with Gasteiger partial charge in [0.15, 0.2) is 5.82 Å². The van der Waals surface area contributed by atoms with Gasteiger partial charge in [-0.25, -0.2) is 4.98 Å². The molecular weight excluding hydrogens is 285 g/mol. The molecule has 0 atom stereocenters.